The van der Waals surface area contributed by atoms with Crippen LogP contribution < -0.4 is 5.73 Å². The van der Waals surface area contributed by atoms with Crippen molar-refractivity contribution < 1.29 is 5.11 Å². The minimum atomic E-state index is -0.793. The third-order valence-electron chi connectivity index (χ3n) is 3.47. The van der Waals surface area contributed by atoms with Crippen molar-refractivity contribution in [3.05, 3.63) is 35.9 Å². The Balaban J connectivity index is 2.01. The largest absolute Gasteiger partial charge is 0.384 e. The molecular formula is C14H22N2O. The Kier molecular flexibility index (Phi) is 3.82. The number of piperidine rings is 1. The maximum atomic E-state index is 10.5. The van der Waals surface area contributed by atoms with Gasteiger partial charge in [0, 0.05) is 19.1 Å². The minimum Gasteiger partial charge on any atom is -0.384 e. The summed E-state index contributed by atoms with van der Waals surface area (Å²) >= 11 is 0. The third kappa shape index (κ3) is 3.28. The number of nitrogens with two attached hydrogens (primary N) is 1. The first-order chi connectivity index (χ1) is 8.08. The van der Waals surface area contributed by atoms with Gasteiger partial charge in [-0.15, -0.1) is 0 Å². The van der Waals surface area contributed by atoms with Gasteiger partial charge in [-0.1, -0.05) is 30.3 Å². The van der Waals surface area contributed by atoms with E-state index in [4.69, 9.17) is 5.73 Å². The highest BCUT2D eigenvalue weighted by atomic mass is 16.3. The second-order valence-corrected chi connectivity index (χ2v) is 5.28. The number of likely N-dealkylation sites (tertiary alicyclic amines) is 1. The maximum Gasteiger partial charge on any atom is 0.0994 e. The Hall–Kier alpha value is -0.900. The molecule has 0 aliphatic carbocycles. The Morgan fingerprint density at radius 2 is 2.12 bits per heavy atom. The summed E-state index contributed by atoms with van der Waals surface area (Å²) in [6, 6.07) is 10.1. The first kappa shape index (κ1) is 12.6. The van der Waals surface area contributed by atoms with Crippen molar-refractivity contribution in [2.24, 2.45) is 5.73 Å². The van der Waals surface area contributed by atoms with Gasteiger partial charge in [-0.25, -0.2) is 0 Å². The molecule has 0 radical (unpaired) electrons. The van der Waals surface area contributed by atoms with E-state index in [2.05, 4.69) is 4.90 Å². The van der Waals surface area contributed by atoms with E-state index in [-0.39, 0.29) is 6.04 Å². The molecule has 0 bridgehead atoms. The number of hydrogen-bond acceptors (Lipinski definition) is 3. The molecule has 17 heavy (non-hydrogen) atoms. The van der Waals surface area contributed by atoms with Gasteiger partial charge in [-0.3, -0.25) is 4.90 Å². The number of β-amino-alcohol motifs (C(OH)–C–C–N with tert-alkyl or cyclic N) is 1. The minimum absolute atomic E-state index is 0.260. The summed E-state index contributed by atoms with van der Waals surface area (Å²) < 4.78 is 0. The SMILES string of the molecule is CC(O)(CN1CCCC(N)C1)c1ccccc1. The lowest BCUT2D eigenvalue weighted by Crippen LogP contribution is -2.48. The van der Waals surface area contributed by atoms with Crippen LogP contribution in [0.15, 0.2) is 30.3 Å². The van der Waals surface area contributed by atoms with Crippen molar-refractivity contribution in [3.8, 4) is 0 Å². The van der Waals surface area contributed by atoms with Crippen molar-refractivity contribution in [1.82, 2.24) is 4.90 Å². The molecule has 1 aliphatic rings. The predicted molar refractivity (Wildman–Crippen MR) is 69.7 cm³/mol. The van der Waals surface area contributed by atoms with Crippen LogP contribution in [0.3, 0.4) is 0 Å². The number of benzene rings is 1. The number of aliphatic hydroxyl groups is 1. The van der Waals surface area contributed by atoms with Crippen LogP contribution in [0.4, 0.5) is 0 Å². The van der Waals surface area contributed by atoms with Gasteiger partial charge in [-0.2, -0.15) is 0 Å². The third-order valence-corrected chi connectivity index (χ3v) is 3.47. The van der Waals surface area contributed by atoms with Gasteiger partial charge >= 0.3 is 0 Å². The lowest BCUT2D eigenvalue weighted by Gasteiger charge is -2.36. The molecule has 2 rings (SSSR count). The zero-order valence-electron chi connectivity index (χ0n) is 10.5. The highest BCUT2D eigenvalue weighted by molar-refractivity contribution is 5.21. The van der Waals surface area contributed by atoms with Crippen LogP contribution in [-0.2, 0) is 5.60 Å². The van der Waals surface area contributed by atoms with Crippen LogP contribution in [0, 0.1) is 0 Å². The van der Waals surface area contributed by atoms with Crippen LogP contribution in [0.25, 0.3) is 0 Å². The fourth-order valence-corrected chi connectivity index (χ4v) is 2.56. The fourth-order valence-electron chi connectivity index (χ4n) is 2.56. The molecule has 3 heteroatoms. The van der Waals surface area contributed by atoms with Gasteiger partial charge in [0.05, 0.1) is 5.60 Å². The van der Waals surface area contributed by atoms with Gasteiger partial charge in [0.25, 0.3) is 0 Å². The summed E-state index contributed by atoms with van der Waals surface area (Å²) in [5.41, 5.74) is 6.14. The van der Waals surface area contributed by atoms with Crippen LogP contribution in [0.1, 0.15) is 25.3 Å². The molecule has 0 saturated carbocycles. The van der Waals surface area contributed by atoms with Gasteiger partial charge in [0.2, 0.25) is 0 Å². The zero-order valence-corrected chi connectivity index (χ0v) is 10.5. The molecule has 2 unspecified atom stereocenters. The van der Waals surface area contributed by atoms with Crippen LogP contribution >= 0.6 is 0 Å². The topological polar surface area (TPSA) is 49.5 Å². The summed E-state index contributed by atoms with van der Waals surface area (Å²) in [4.78, 5) is 2.27. The van der Waals surface area contributed by atoms with E-state index in [0.717, 1.165) is 31.5 Å². The molecule has 1 aliphatic heterocycles. The second-order valence-electron chi connectivity index (χ2n) is 5.28. The smallest absolute Gasteiger partial charge is 0.0994 e. The fraction of sp³-hybridized carbons (Fsp3) is 0.571. The van der Waals surface area contributed by atoms with E-state index in [9.17, 15) is 5.11 Å². The molecule has 0 aromatic heterocycles. The highest BCUT2D eigenvalue weighted by Crippen LogP contribution is 2.23. The molecule has 0 amide bonds. The summed E-state index contributed by atoms with van der Waals surface area (Å²) in [6.07, 6.45) is 2.23. The van der Waals surface area contributed by atoms with Crippen molar-refractivity contribution in [2.75, 3.05) is 19.6 Å². The van der Waals surface area contributed by atoms with E-state index >= 15 is 0 Å². The Morgan fingerprint density at radius 3 is 2.76 bits per heavy atom. The van der Waals surface area contributed by atoms with Gasteiger partial charge in [-0.05, 0) is 31.9 Å². The molecule has 94 valence electrons. The maximum absolute atomic E-state index is 10.5. The standard InChI is InChI=1S/C14H22N2O/c1-14(17,12-6-3-2-4-7-12)11-16-9-5-8-13(15)10-16/h2-4,6-7,13,17H,5,8-11,15H2,1H3. The van der Waals surface area contributed by atoms with Gasteiger partial charge < -0.3 is 10.8 Å². The summed E-state index contributed by atoms with van der Waals surface area (Å²) in [7, 11) is 0. The molecule has 2 atom stereocenters. The molecule has 1 fully saturated rings. The van der Waals surface area contributed by atoms with E-state index in [1.807, 2.05) is 37.3 Å². The number of rotatable bonds is 3. The number of hydrogen-bond donors (Lipinski definition) is 2. The van der Waals surface area contributed by atoms with Crippen molar-refractivity contribution in [3.63, 3.8) is 0 Å². The van der Waals surface area contributed by atoms with Crippen LogP contribution in [0.2, 0.25) is 0 Å². The van der Waals surface area contributed by atoms with Crippen molar-refractivity contribution >= 4 is 0 Å². The highest BCUT2D eigenvalue weighted by Gasteiger charge is 2.28. The van der Waals surface area contributed by atoms with E-state index in [1.165, 1.54) is 0 Å². The van der Waals surface area contributed by atoms with Crippen molar-refractivity contribution in [1.29, 1.82) is 0 Å². The van der Waals surface area contributed by atoms with E-state index < -0.39 is 5.60 Å². The predicted octanol–water partition coefficient (Wildman–Crippen LogP) is 1.32. The Bertz CT molecular complexity index is 350. The first-order valence-electron chi connectivity index (χ1n) is 6.34. The van der Waals surface area contributed by atoms with E-state index in [0.29, 0.717) is 6.54 Å². The molecule has 1 heterocycles. The molecule has 1 saturated heterocycles. The second kappa shape index (κ2) is 5.17. The van der Waals surface area contributed by atoms with E-state index in [1.54, 1.807) is 0 Å². The van der Waals surface area contributed by atoms with Gasteiger partial charge in [0.1, 0.15) is 0 Å². The first-order valence-corrected chi connectivity index (χ1v) is 6.34. The summed E-state index contributed by atoms with van der Waals surface area (Å²) in [5.74, 6) is 0. The van der Waals surface area contributed by atoms with Crippen molar-refractivity contribution in [2.45, 2.75) is 31.4 Å². The normalized spacial score (nSPS) is 25.5. The van der Waals surface area contributed by atoms with Gasteiger partial charge in [0.15, 0.2) is 0 Å². The molecule has 1 aromatic carbocycles. The zero-order chi connectivity index (χ0) is 12.3. The summed E-state index contributed by atoms with van der Waals surface area (Å²) in [6.45, 7) is 4.47. The average molecular weight is 234 g/mol. The van der Waals surface area contributed by atoms with Crippen LogP contribution in [-0.4, -0.2) is 35.7 Å². The Labute approximate surface area is 103 Å². The number of nitrogens with zero attached hydrogens (tertiary/aromatic N) is 1. The lowest BCUT2D eigenvalue weighted by atomic mass is 9.94. The molecule has 0 spiro atoms. The quantitative estimate of drug-likeness (QED) is 0.829. The monoisotopic (exact) mass is 234 g/mol. The molecule has 3 N–H and O–H groups in total. The molecular weight excluding hydrogens is 212 g/mol. The average Bonchev–Trinajstić information content (AvgIpc) is 2.29. The summed E-state index contributed by atoms with van der Waals surface area (Å²) in [5, 5.41) is 10.5. The molecule has 1 aromatic rings. The molecule has 3 nitrogen and oxygen atoms in total. The lowest BCUT2D eigenvalue weighted by molar-refractivity contribution is 0.00835. The Morgan fingerprint density at radius 1 is 1.41 bits per heavy atom. The van der Waals surface area contributed by atoms with Crippen LogP contribution in [0.5, 0.6) is 0 Å².